The molecular formula is C14H15NO3S. The number of nitrogens with two attached hydrogens (primary N) is 1. The summed E-state index contributed by atoms with van der Waals surface area (Å²) in [7, 11) is 0. The first kappa shape index (κ1) is 12.4. The normalized spacial score (nSPS) is 14.6. The van der Waals surface area contributed by atoms with Crippen molar-refractivity contribution in [3.05, 3.63) is 41.9 Å². The molecule has 0 radical (unpaired) electrons. The van der Waals surface area contributed by atoms with Crippen molar-refractivity contribution in [3.8, 4) is 11.5 Å². The molecule has 3 rings (SSSR count). The molecule has 1 aliphatic rings. The zero-order valence-electron chi connectivity index (χ0n) is 10.6. The molecule has 1 aliphatic heterocycles. The summed E-state index contributed by atoms with van der Waals surface area (Å²) in [5.41, 5.74) is 7.26. The van der Waals surface area contributed by atoms with E-state index >= 15 is 0 Å². The van der Waals surface area contributed by atoms with E-state index in [2.05, 4.69) is 0 Å². The molecule has 0 fully saturated rings. The summed E-state index contributed by atoms with van der Waals surface area (Å²) in [6.07, 6.45) is 1.70. The second kappa shape index (κ2) is 5.19. The third kappa shape index (κ3) is 2.57. The molecule has 1 unspecified atom stereocenters. The van der Waals surface area contributed by atoms with Crippen molar-refractivity contribution in [2.45, 2.75) is 17.9 Å². The minimum Gasteiger partial charge on any atom is -0.468 e. The number of ether oxygens (including phenoxy) is 2. The van der Waals surface area contributed by atoms with Gasteiger partial charge in [-0.1, -0.05) is 6.07 Å². The molecule has 19 heavy (non-hydrogen) atoms. The second-order valence-electron chi connectivity index (χ2n) is 4.37. The van der Waals surface area contributed by atoms with Crippen LogP contribution in [0, 0.1) is 6.92 Å². The highest BCUT2D eigenvalue weighted by Gasteiger charge is 2.16. The van der Waals surface area contributed by atoms with E-state index < -0.39 is 0 Å². The van der Waals surface area contributed by atoms with Gasteiger partial charge in [0.05, 0.1) is 6.26 Å². The smallest absolute Gasteiger partial charge is 0.231 e. The van der Waals surface area contributed by atoms with Crippen molar-refractivity contribution in [2.24, 2.45) is 5.73 Å². The van der Waals surface area contributed by atoms with Crippen LogP contribution in [0.15, 0.2) is 39.8 Å². The number of thioether (sulfide) groups is 1. The Balaban J connectivity index is 1.67. The van der Waals surface area contributed by atoms with Gasteiger partial charge in [0.1, 0.15) is 5.76 Å². The Bertz CT molecular complexity index is 582. The van der Waals surface area contributed by atoms with Crippen molar-refractivity contribution in [1.82, 2.24) is 0 Å². The monoisotopic (exact) mass is 277 g/mol. The van der Waals surface area contributed by atoms with Gasteiger partial charge in [-0.25, -0.2) is 0 Å². The number of furan rings is 1. The lowest BCUT2D eigenvalue weighted by molar-refractivity contribution is 0.174. The first-order chi connectivity index (χ1) is 9.24. The first-order valence-electron chi connectivity index (χ1n) is 6.06. The average Bonchev–Trinajstić information content (AvgIpc) is 3.03. The van der Waals surface area contributed by atoms with Gasteiger partial charge in [-0.05, 0) is 30.7 Å². The Morgan fingerprint density at radius 3 is 2.89 bits per heavy atom. The molecule has 4 nitrogen and oxygen atoms in total. The van der Waals surface area contributed by atoms with Crippen LogP contribution < -0.4 is 15.2 Å². The van der Waals surface area contributed by atoms with E-state index in [0.29, 0.717) is 0 Å². The number of aryl methyl sites for hydroxylation is 1. The first-order valence-corrected chi connectivity index (χ1v) is 7.04. The molecule has 0 spiro atoms. The topological polar surface area (TPSA) is 57.6 Å². The summed E-state index contributed by atoms with van der Waals surface area (Å²) in [5.74, 6) is 3.29. The summed E-state index contributed by atoms with van der Waals surface area (Å²) in [5, 5.41) is 0. The Morgan fingerprint density at radius 2 is 2.11 bits per heavy atom. The standard InChI is InChI=1S/C14H15NO3S/c1-9-14(4-5-16-9)19-7-11(15)10-2-3-12-13(6-10)18-8-17-12/h2-6,11H,7-8,15H2,1H3. The highest BCUT2D eigenvalue weighted by Crippen LogP contribution is 2.35. The van der Waals surface area contributed by atoms with Crippen molar-refractivity contribution < 1.29 is 13.9 Å². The fraction of sp³-hybridized carbons (Fsp3) is 0.286. The number of fused-ring (bicyclic) bond motifs is 1. The van der Waals surface area contributed by atoms with Crippen molar-refractivity contribution in [1.29, 1.82) is 0 Å². The van der Waals surface area contributed by atoms with Crippen LogP contribution in [0.25, 0.3) is 0 Å². The van der Waals surface area contributed by atoms with Gasteiger partial charge in [-0.3, -0.25) is 0 Å². The van der Waals surface area contributed by atoms with Crippen LogP contribution in [-0.2, 0) is 0 Å². The van der Waals surface area contributed by atoms with E-state index in [0.717, 1.165) is 33.5 Å². The van der Waals surface area contributed by atoms with Crippen LogP contribution >= 0.6 is 11.8 Å². The third-order valence-corrected chi connectivity index (χ3v) is 4.31. The highest BCUT2D eigenvalue weighted by molar-refractivity contribution is 7.99. The summed E-state index contributed by atoms with van der Waals surface area (Å²) in [6.45, 7) is 2.24. The quantitative estimate of drug-likeness (QED) is 0.870. The Morgan fingerprint density at radius 1 is 1.26 bits per heavy atom. The lowest BCUT2D eigenvalue weighted by Gasteiger charge is -2.12. The van der Waals surface area contributed by atoms with Crippen LogP contribution in [0.1, 0.15) is 17.4 Å². The summed E-state index contributed by atoms with van der Waals surface area (Å²) < 4.78 is 15.9. The van der Waals surface area contributed by atoms with Crippen LogP contribution in [0.3, 0.4) is 0 Å². The van der Waals surface area contributed by atoms with Crippen molar-refractivity contribution >= 4 is 11.8 Å². The van der Waals surface area contributed by atoms with Gasteiger partial charge in [0.2, 0.25) is 6.79 Å². The zero-order chi connectivity index (χ0) is 13.2. The molecular weight excluding hydrogens is 262 g/mol. The lowest BCUT2D eigenvalue weighted by atomic mass is 10.1. The van der Waals surface area contributed by atoms with Crippen molar-refractivity contribution in [2.75, 3.05) is 12.5 Å². The molecule has 1 atom stereocenters. The predicted octanol–water partition coefficient (Wildman–Crippen LogP) is 3.11. The van der Waals surface area contributed by atoms with E-state index in [-0.39, 0.29) is 12.8 Å². The Labute approximate surface area is 115 Å². The summed E-state index contributed by atoms with van der Waals surface area (Å²) in [6, 6.07) is 7.77. The van der Waals surface area contributed by atoms with E-state index in [9.17, 15) is 0 Å². The van der Waals surface area contributed by atoms with Gasteiger partial charge in [0.15, 0.2) is 11.5 Å². The lowest BCUT2D eigenvalue weighted by Crippen LogP contribution is -2.12. The molecule has 1 aromatic carbocycles. The van der Waals surface area contributed by atoms with Gasteiger partial charge in [-0.2, -0.15) is 0 Å². The van der Waals surface area contributed by atoms with Crippen LogP contribution in [0.5, 0.6) is 11.5 Å². The van der Waals surface area contributed by atoms with Gasteiger partial charge in [0.25, 0.3) is 0 Å². The minimum atomic E-state index is -0.0474. The van der Waals surface area contributed by atoms with Gasteiger partial charge in [0, 0.05) is 16.7 Å². The van der Waals surface area contributed by atoms with Gasteiger partial charge < -0.3 is 19.6 Å². The molecule has 0 amide bonds. The molecule has 2 aromatic rings. The predicted molar refractivity (Wildman–Crippen MR) is 73.7 cm³/mol. The number of benzene rings is 1. The molecule has 100 valence electrons. The molecule has 5 heteroatoms. The molecule has 1 aromatic heterocycles. The highest BCUT2D eigenvalue weighted by atomic mass is 32.2. The maximum Gasteiger partial charge on any atom is 0.231 e. The molecule has 0 saturated heterocycles. The molecule has 2 heterocycles. The van der Waals surface area contributed by atoms with E-state index in [1.807, 2.05) is 31.2 Å². The molecule has 0 aliphatic carbocycles. The van der Waals surface area contributed by atoms with E-state index in [1.165, 1.54) is 0 Å². The number of hydrogen-bond donors (Lipinski definition) is 1. The number of hydrogen-bond acceptors (Lipinski definition) is 5. The Hall–Kier alpha value is -1.59. The zero-order valence-corrected chi connectivity index (χ0v) is 11.4. The maximum absolute atomic E-state index is 6.21. The number of rotatable bonds is 4. The van der Waals surface area contributed by atoms with Crippen molar-refractivity contribution in [3.63, 3.8) is 0 Å². The second-order valence-corrected chi connectivity index (χ2v) is 5.43. The van der Waals surface area contributed by atoms with Crippen LogP contribution in [-0.4, -0.2) is 12.5 Å². The van der Waals surface area contributed by atoms with Crippen LogP contribution in [0.4, 0.5) is 0 Å². The van der Waals surface area contributed by atoms with Crippen LogP contribution in [0.2, 0.25) is 0 Å². The van der Waals surface area contributed by atoms with Gasteiger partial charge >= 0.3 is 0 Å². The van der Waals surface area contributed by atoms with E-state index in [4.69, 9.17) is 19.6 Å². The SMILES string of the molecule is Cc1occc1SCC(N)c1ccc2c(c1)OCO2. The largest absolute Gasteiger partial charge is 0.468 e. The average molecular weight is 277 g/mol. The molecule has 2 N–H and O–H groups in total. The summed E-state index contributed by atoms with van der Waals surface area (Å²) >= 11 is 1.70. The minimum absolute atomic E-state index is 0.0474. The molecule has 0 bridgehead atoms. The fourth-order valence-electron chi connectivity index (χ4n) is 1.94. The Kier molecular flexibility index (Phi) is 3.40. The van der Waals surface area contributed by atoms with E-state index in [1.54, 1.807) is 18.0 Å². The molecule has 0 saturated carbocycles. The third-order valence-electron chi connectivity index (χ3n) is 3.05. The maximum atomic E-state index is 6.21. The van der Waals surface area contributed by atoms with Gasteiger partial charge in [-0.15, -0.1) is 11.8 Å². The summed E-state index contributed by atoms with van der Waals surface area (Å²) in [4.78, 5) is 1.14. The fourth-order valence-corrected chi connectivity index (χ4v) is 2.90.